The van der Waals surface area contributed by atoms with Gasteiger partial charge in [-0.25, -0.2) is 0 Å². The summed E-state index contributed by atoms with van der Waals surface area (Å²) in [5.74, 6) is 0.782. The van der Waals surface area contributed by atoms with Crippen molar-refractivity contribution in [3.63, 3.8) is 0 Å². The number of benzene rings is 1. The van der Waals surface area contributed by atoms with Crippen LogP contribution in [0.5, 0.6) is 5.75 Å². The quantitative estimate of drug-likeness (QED) is 0.829. The lowest BCUT2D eigenvalue weighted by molar-refractivity contribution is -0.347. The number of methoxy groups -OCH3 is 2. The highest BCUT2D eigenvalue weighted by atomic mass is 16.7. The molecular formula is C17H22O7. The molecule has 0 aliphatic carbocycles. The first-order valence-electron chi connectivity index (χ1n) is 7.76. The standard InChI is InChI=1S/C17H22O7/c1-20-11-6-3-10(4-7-11)5-8-13-22-9-12-16(24-13)14(18)15(19)17(21-2)23-12/h3-8,12-19H,9H2,1-2H3/b8-5+/t12-,13?,14-,15-,16-,17?/m1/s1. The zero-order valence-electron chi connectivity index (χ0n) is 13.6. The van der Waals surface area contributed by atoms with E-state index in [9.17, 15) is 10.2 Å². The van der Waals surface area contributed by atoms with Crippen LogP contribution < -0.4 is 4.74 Å². The molecule has 0 radical (unpaired) electrons. The Labute approximate surface area is 140 Å². The van der Waals surface area contributed by atoms with Gasteiger partial charge in [-0.3, -0.25) is 0 Å². The lowest BCUT2D eigenvalue weighted by Crippen LogP contribution is -2.62. The van der Waals surface area contributed by atoms with Gasteiger partial charge >= 0.3 is 0 Å². The number of hydrogen-bond donors (Lipinski definition) is 2. The SMILES string of the molecule is COc1ccc(/C=C/C2OC[C@H]3OC(OC)[C@H](O)[C@@H](O)[C@@H]3O2)cc1. The summed E-state index contributed by atoms with van der Waals surface area (Å²) in [6.45, 7) is 0.242. The maximum atomic E-state index is 10.2. The van der Waals surface area contributed by atoms with Gasteiger partial charge in [0.25, 0.3) is 0 Å². The molecule has 2 unspecified atom stereocenters. The van der Waals surface area contributed by atoms with Gasteiger partial charge in [0, 0.05) is 7.11 Å². The van der Waals surface area contributed by atoms with Gasteiger partial charge in [0.1, 0.15) is 30.2 Å². The van der Waals surface area contributed by atoms with E-state index >= 15 is 0 Å². The number of rotatable bonds is 4. The summed E-state index contributed by atoms with van der Waals surface area (Å²) in [5, 5.41) is 20.2. The largest absolute Gasteiger partial charge is 0.497 e. The van der Waals surface area contributed by atoms with Crippen molar-refractivity contribution in [1.82, 2.24) is 0 Å². The van der Waals surface area contributed by atoms with Gasteiger partial charge in [0.2, 0.25) is 0 Å². The van der Waals surface area contributed by atoms with E-state index < -0.39 is 37.0 Å². The van der Waals surface area contributed by atoms with E-state index in [1.54, 1.807) is 13.2 Å². The van der Waals surface area contributed by atoms with Gasteiger partial charge < -0.3 is 33.9 Å². The molecule has 24 heavy (non-hydrogen) atoms. The van der Waals surface area contributed by atoms with Crippen molar-refractivity contribution in [2.24, 2.45) is 0 Å². The van der Waals surface area contributed by atoms with Crippen LogP contribution in [0.3, 0.4) is 0 Å². The van der Waals surface area contributed by atoms with E-state index in [0.29, 0.717) is 0 Å². The summed E-state index contributed by atoms with van der Waals surface area (Å²) in [5.41, 5.74) is 0.963. The molecule has 2 heterocycles. The number of fused-ring (bicyclic) bond motifs is 1. The number of ether oxygens (including phenoxy) is 5. The Balaban J connectivity index is 1.62. The van der Waals surface area contributed by atoms with Gasteiger partial charge in [-0.1, -0.05) is 18.2 Å². The van der Waals surface area contributed by atoms with E-state index in [1.165, 1.54) is 7.11 Å². The van der Waals surface area contributed by atoms with Crippen molar-refractivity contribution in [3.05, 3.63) is 35.9 Å². The molecule has 1 aromatic carbocycles. The summed E-state index contributed by atoms with van der Waals surface area (Å²) in [4.78, 5) is 0. The van der Waals surface area contributed by atoms with Gasteiger partial charge in [-0.05, 0) is 23.8 Å². The fourth-order valence-corrected chi connectivity index (χ4v) is 2.79. The molecule has 0 amide bonds. The Morgan fingerprint density at radius 2 is 1.83 bits per heavy atom. The Hall–Kier alpha value is -1.48. The molecule has 2 N–H and O–H groups in total. The molecule has 3 rings (SSSR count). The molecule has 2 fully saturated rings. The molecule has 6 atom stereocenters. The van der Waals surface area contributed by atoms with Gasteiger partial charge in [-0.15, -0.1) is 0 Å². The van der Waals surface area contributed by atoms with Crippen molar-refractivity contribution >= 4 is 6.08 Å². The van der Waals surface area contributed by atoms with Crippen LogP contribution in [0.4, 0.5) is 0 Å². The van der Waals surface area contributed by atoms with Crippen LogP contribution >= 0.6 is 0 Å². The molecule has 0 saturated carbocycles. The van der Waals surface area contributed by atoms with E-state index in [2.05, 4.69) is 0 Å². The fraction of sp³-hybridized carbons (Fsp3) is 0.529. The second-order valence-corrected chi connectivity index (χ2v) is 5.69. The summed E-state index contributed by atoms with van der Waals surface area (Å²) < 4.78 is 27.0. The highest BCUT2D eigenvalue weighted by Crippen LogP contribution is 2.29. The molecular weight excluding hydrogens is 316 g/mol. The average molecular weight is 338 g/mol. The molecule has 2 aliphatic heterocycles. The van der Waals surface area contributed by atoms with Crippen LogP contribution in [-0.2, 0) is 18.9 Å². The number of hydrogen-bond acceptors (Lipinski definition) is 7. The van der Waals surface area contributed by atoms with Crippen LogP contribution in [0.15, 0.2) is 30.3 Å². The van der Waals surface area contributed by atoms with E-state index in [1.807, 2.05) is 30.3 Å². The predicted molar refractivity (Wildman–Crippen MR) is 84.3 cm³/mol. The lowest BCUT2D eigenvalue weighted by Gasteiger charge is -2.45. The van der Waals surface area contributed by atoms with Gasteiger partial charge in [-0.2, -0.15) is 0 Å². The second-order valence-electron chi connectivity index (χ2n) is 5.69. The molecule has 0 spiro atoms. The molecule has 132 valence electrons. The Morgan fingerprint density at radius 1 is 1.08 bits per heavy atom. The highest BCUT2D eigenvalue weighted by molar-refractivity contribution is 5.50. The Morgan fingerprint density at radius 3 is 2.50 bits per heavy atom. The minimum Gasteiger partial charge on any atom is -0.497 e. The van der Waals surface area contributed by atoms with Crippen molar-refractivity contribution < 1.29 is 33.9 Å². The highest BCUT2D eigenvalue weighted by Gasteiger charge is 2.48. The summed E-state index contributed by atoms with van der Waals surface area (Å²) in [6.07, 6.45) is -1.34. The molecule has 0 bridgehead atoms. The summed E-state index contributed by atoms with van der Waals surface area (Å²) in [7, 11) is 3.02. The van der Waals surface area contributed by atoms with E-state index in [4.69, 9.17) is 23.7 Å². The topological polar surface area (TPSA) is 86.6 Å². The van der Waals surface area contributed by atoms with Crippen molar-refractivity contribution in [1.29, 1.82) is 0 Å². The zero-order chi connectivity index (χ0) is 17.1. The van der Waals surface area contributed by atoms with Crippen LogP contribution in [0.25, 0.3) is 6.08 Å². The third-order valence-corrected chi connectivity index (χ3v) is 4.15. The summed E-state index contributed by atoms with van der Waals surface area (Å²) in [6, 6.07) is 7.54. The third-order valence-electron chi connectivity index (χ3n) is 4.15. The Bertz CT molecular complexity index is 557. The maximum absolute atomic E-state index is 10.2. The van der Waals surface area contributed by atoms with Gasteiger partial charge in [0.15, 0.2) is 12.6 Å². The minimum absolute atomic E-state index is 0.242. The van der Waals surface area contributed by atoms with E-state index in [-0.39, 0.29) is 6.61 Å². The maximum Gasteiger partial charge on any atom is 0.186 e. The monoisotopic (exact) mass is 338 g/mol. The molecule has 2 aliphatic rings. The molecule has 1 aromatic rings. The second kappa shape index (κ2) is 7.60. The average Bonchev–Trinajstić information content (AvgIpc) is 2.63. The van der Waals surface area contributed by atoms with E-state index in [0.717, 1.165) is 11.3 Å². The van der Waals surface area contributed by atoms with Crippen molar-refractivity contribution in [2.75, 3.05) is 20.8 Å². The normalized spacial score (nSPS) is 36.5. The van der Waals surface area contributed by atoms with Crippen LogP contribution in [0.2, 0.25) is 0 Å². The molecule has 7 nitrogen and oxygen atoms in total. The van der Waals surface area contributed by atoms with Crippen molar-refractivity contribution in [3.8, 4) is 5.75 Å². The minimum atomic E-state index is -1.17. The first-order chi connectivity index (χ1) is 11.6. The molecule has 0 aromatic heterocycles. The smallest absolute Gasteiger partial charge is 0.186 e. The van der Waals surface area contributed by atoms with Crippen molar-refractivity contribution in [2.45, 2.75) is 37.0 Å². The van der Waals surface area contributed by atoms with Crippen LogP contribution in [0.1, 0.15) is 5.56 Å². The predicted octanol–water partition coefficient (Wildman–Crippen LogP) is 0.543. The molecule has 7 heteroatoms. The lowest BCUT2D eigenvalue weighted by atomic mass is 9.98. The van der Waals surface area contributed by atoms with Crippen LogP contribution in [0, 0.1) is 0 Å². The van der Waals surface area contributed by atoms with Gasteiger partial charge in [0.05, 0.1) is 13.7 Å². The third kappa shape index (κ3) is 3.61. The Kier molecular flexibility index (Phi) is 5.50. The zero-order valence-corrected chi connectivity index (χ0v) is 13.6. The fourth-order valence-electron chi connectivity index (χ4n) is 2.79. The first kappa shape index (κ1) is 17.3. The number of aliphatic hydroxyl groups excluding tert-OH is 2. The first-order valence-corrected chi connectivity index (χ1v) is 7.76. The number of aliphatic hydroxyl groups is 2. The molecule has 2 saturated heterocycles. The summed E-state index contributed by atoms with van der Waals surface area (Å²) >= 11 is 0. The van der Waals surface area contributed by atoms with Crippen LogP contribution in [-0.4, -0.2) is 68.0 Å².